The minimum Gasteiger partial charge on any atom is -0.387 e. The normalized spacial score (nSPS) is 14.4. The van der Waals surface area contributed by atoms with Crippen molar-refractivity contribution in [3.05, 3.63) is 11.9 Å². The number of likely N-dealkylation sites (N-methyl/N-ethyl adjacent to an activating group) is 1. The van der Waals surface area contributed by atoms with Gasteiger partial charge in [-0.2, -0.15) is 0 Å². The minimum atomic E-state index is -0.813. The summed E-state index contributed by atoms with van der Waals surface area (Å²) in [5.74, 6) is 2.54. The van der Waals surface area contributed by atoms with Crippen molar-refractivity contribution in [1.82, 2.24) is 14.9 Å². The molecule has 1 aromatic heterocycles. The predicted octanol–water partition coefficient (Wildman–Crippen LogP) is 1.37. The summed E-state index contributed by atoms with van der Waals surface area (Å²) < 4.78 is 0. The summed E-state index contributed by atoms with van der Waals surface area (Å²) in [5, 5.41) is 16.5. The Balaban J connectivity index is 2.79. The van der Waals surface area contributed by atoms with E-state index in [-0.39, 0.29) is 5.92 Å². The van der Waals surface area contributed by atoms with E-state index in [1.54, 1.807) is 0 Å². The van der Waals surface area contributed by atoms with Gasteiger partial charge >= 0.3 is 0 Å². The quantitative estimate of drug-likeness (QED) is 0.701. The third-order valence-corrected chi connectivity index (χ3v) is 2.82. The number of hydrogen-bond donors (Lipinski definition) is 3. The molecule has 0 saturated carbocycles. The fourth-order valence-electron chi connectivity index (χ4n) is 1.96. The lowest BCUT2D eigenvalue weighted by atomic mass is 10.1. The zero-order valence-corrected chi connectivity index (χ0v) is 13.4. The van der Waals surface area contributed by atoms with Crippen LogP contribution in [0, 0.1) is 0 Å². The molecule has 1 heterocycles. The van der Waals surface area contributed by atoms with Crippen LogP contribution in [-0.2, 0) is 0 Å². The molecule has 3 N–H and O–H groups in total. The average molecular weight is 281 g/mol. The highest BCUT2D eigenvalue weighted by molar-refractivity contribution is 5.47. The zero-order valence-electron chi connectivity index (χ0n) is 13.4. The first-order valence-electron chi connectivity index (χ1n) is 6.91. The second-order valence-electron chi connectivity index (χ2n) is 5.99. The van der Waals surface area contributed by atoms with Crippen LogP contribution in [0.3, 0.4) is 0 Å². The van der Waals surface area contributed by atoms with Crippen molar-refractivity contribution in [2.75, 3.05) is 44.9 Å². The predicted molar refractivity (Wildman–Crippen MR) is 83.3 cm³/mol. The fourth-order valence-corrected chi connectivity index (χ4v) is 1.96. The lowest BCUT2D eigenvalue weighted by Crippen LogP contribution is -2.43. The number of nitrogens with one attached hydrogen (secondary N) is 2. The van der Waals surface area contributed by atoms with Gasteiger partial charge in [0.25, 0.3) is 0 Å². The molecule has 1 unspecified atom stereocenters. The van der Waals surface area contributed by atoms with E-state index >= 15 is 0 Å². The van der Waals surface area contributed by atoms with Gasteiger partial charge in [0.2, 0.25) is 0 Å². The Morgan fingerprint density at radius 2 is 1.90 bits per heavy atom. The second kappa shape index (κ2) is 6.85. The first-order valence-corrected chi connectivity index (χ1v) is 6.91. The summed E-state index contributed by atoms with van der Waals surface area (Å²) in [7, 11) is 5.71. The Labute approximate surface area is 121 Å². The maximum atomic E-state index is 10.3. The first kappa shape index (κ1) is 16.7. The fraction of sp³-hybridized carbons (Fsp3) is 0.714. The molecule has 0 fully saturated rings. The van der Waals surface area contributed by atoms with Crippen molar-refractivity contribution in [3.8, 4) is 0 Å². The summed E-state index contributed by atoms with van der Waals surface area (Å²) in [6.45, 7) is 6.94. The van der Waals surface area contributed by atoms with Crippen LogP contribution in [0.1, 0.15) is 32.5 Å². The largest absolute Gasteiger partial charge is 0.387 e. The summed E-state index contributed by atoms with van der Waals surface area (Å²) in [6.07, 6.45) is 0. The Bertz CT molecular complexity index is 432. The zero-order chi connectivity index (χ0) is 15.3. The standard InChI is InChI=1S/C14H27N5O/c1-10(2)13-17-11(15-4)7-12(18-13)16-8-14(3,20)9-19(5)6/h7,10,20H,8-9H2,1-6H3,(H2,15,16,17,18). The third kappa shape index (κ3) is 5.30. The molecule has 1 atom stereocenters. The smallest absolute Gasteiger partial charge is 0.135 e. The van der Waals surface area contributed by atoms with Crippen molar-refractivity contribution >= 4 is 11.6 Å². The van der Waals surface area contributed by atoms with Crippen LogP contribution in [0.25, 0.3) is 0 Å². The number of nitrogens with zero attached hydrogens (tertiary/aromatic N) is 3. The van der Waals surface area contributed by atoms with Gasteiger partial charge in [0.1, 0.15) is 17.5 Å². The highest BCUT2D eigenvalue weighted by Crippen LogP contribution is 2.17. The van der Waals surface area contributed by atoms with E-state index in [2.05, 4.69) is 34.4 Å². The van der Waals surface area contributed by atoms with E-state index in [1.165, 1.54) is 0 Å². The summed E-state index contributed by atoms with van der Waals surface area (Å²) in [6, 6.07) is 1.84. The van der Waals surface area contributed by atoms with Crippen molar-refractivity contribution in [1.29, 1.82) is 0 Å². The van der Waals surface area contributed by atoms with E-state index in [0.717, 1.165) is 17.5 Å². The Kier molecular flexibility index (Phi) is 5.71. The lowest BCUT2D eigenvalue weighted by molar-refractivity contribution is 0.0459. The molecule has 0 spiro atoms. The highest BCUT2D eigenvalue weighted by atomic mass is 16.3. The molecule has 0 bridgehead atoms. The van der Waals surface area contributed by atoms with E-state index in [9.17, 15) is 5.11 Å². The van der Waals surface area contributed by atoms with Crippen LogP contribution in [0.15, 0.2) is 6.07 Å². The molecule has 6 nitrogen and oxygen atoms in total. The summed E-state index contributed by atoms with van der Waals surface area (Å²) >= 11 is 0. The number of rotatable bonds is 7. The molecule has 1 aromatic rings. The molecule has 0 aliphatic heterocycles. The molecule has 114 valence electrons. The average Bonchev–Trinajstić information content (AvgIpc) is 2.34. The van der Waals surface area contributed by atoms with Gasteiger partial charge in [-0.3, -0.25) is 0 Å². The van der Waals surface area contributed by atoms with Gasteiger partial charge in [-0.05, 0) is 21.0 Å². The molecule has 0 aliphatic carbocycles. The van der Waals surface area contributed by atoms with Gasteiger partial charge in [-0.1, -0.05) is 13.8 Å². The van der Waals surface area contributed by atoms with Gasteiger partial charge < -0.3 is 20.6 Å². The van der Waals surface area contributed by atoms with Gasteiger partial charge in [0.15, 0.2) is 0 Å². The number of hydrogen-bond acceptors (Lipinski definition) is 6. The van der Waals surface area contributed by atoms with Crippen molar-refractivity contribution in [2.24, 2.45) is 0 Å². The molecule has 20 heavy (non-hydrogen) atoms. The van der Waals surface area contributed by atoms with Gasteiger partial charge in [0.05, 0.1) is 5.60 Å². The van der Waals surface area contributed by atoms with E-state index < -0.39 is 5.60 Å². The monoisotopic (exact) mass is 281 g/mol. The second-order valence-corrected chi connectivity index (χ2v) is 5.99. The Morgan fingerprint density at radius 1 is 1.30 bits per heavy atom. The number of aromatic nitrogens is 2. The van der Waals surface area contributed by atoms with Crippen LogP contribution in [0.5, 0.6) is 0 Å². The molecule has 0 amide bonds. The minimum absolute atomic E-state index is 0.256. The molecule has 0 aromatic carbocycles. The van der Waals surface area contributed by atoms with Crippen LogP contribution >= 0.6 is 0 Å². The summed E-state index contributed by atoms with van der Waals surface area (Å²) in [4.78, 5) is 10.8. The maximum Gasteiger partial charge on any atom is 0.135 e. The van der Waals surface area contributed by atoms with Crippen LogP contribution in [0.4, 0.5) is 11.6 Å². The SMILES string of the molecule is CNc1cc(NCC(C)(O)CN(C)C)nc(C(C)C)n1. The van der Waals surface area contributed by atoms with Gasteiger partial charge in [-0.15, -0.1) is 0 Å². The van der Waals surface area contributed by atoms with Crippen LogP contribution < -0.4 is 10.6 Å². The lowest BCUT2D eigenvalue weighted by Gasteiger charge is -2.27. The van der Waals surface area contributed by atoms with E-state index in [0.29, 0.717) is 13.1 Å². The molecule has 6 heteroatoms. The first-order chi connectivity index (χ1) is 9.23. The molecular formula is C14H27N5O. The molecule has 0 radical (unpaired) electrons. The topological polar surface area (TPSA) is 73.3 Å². The third-order valence-electron chi connectivity index (χ3n) is 2.82. The Morgan fingerprint density at radius 3 is 2.40 bits per heavy atom. The molecular weight excluding hydrogens is 254 g/mol. The highest BCUT2D eigenvalue weighted by Gasteiger charge is 2.21. The number of aliphatic hydroxyl groups is 1. The van der Waals surface area contributed by atoms with Crippen molar-refractivity contribution in [2.45, 2.75) is 32.3 Å². The molecule has 1 rings (SSSR count). The number of anilines is 2. The van der Waals surface area contributed by atoms with Gasteiger partial charge in [0, 0.05) is 32.1 Å². The van der Waals surface area contributed by atoms with Crippen molar-refractivity contribution in [3.63, 3.8) is 0 Å². The van der Waals surface area contributed by atoms with Crippen LogP contribution in [0.2, 0.25) is 0 Å². The summed E-state index contributed by atoms with van der Waals surface area (Å²) in [5.41, 5.74) is -0.813. The van der Waals surface area contributed by atoms with Crippen molar-refractivity contribution < 1.29 is 5.11 Å². The Hall–Kier alpha value is -1.40. The van der Waals surface area contributed by atoms with E-state index in [1.807, 2.05) is 39.0 Å². The van der Waals surface area contributed by atoms with Gasteiger partial charge in [-0.25, -0.2) is 9.97 Å². The maximum absolute atomic E-state index is 10.3. The van der Waals surface area contributed by atoms with Crippen LogP contribution in [-0.4, -0.2) is 59.8 Å². The van der Waals surface area contributed by atoms with E-state index in [4.69, 9.17) is 0 Å². The molecule has 0 aliphatic rings. The molecule has 0 saturated heterocycles.